The van der Waals surface area contributed by atoms with Crippen molar-refractivity contribution >= 4 is 20.7 Å². The normalized spacial score (nSPS) is 11.2. The molecule has 2 N–H and O–H groups in total. The van der Waals surface area contributed by atoms with Crippen molar-refractivity contribution in [2.75, 3.05) is 0 Å². The molecule has 4 heteroatoms. The molecule has 0 bridgehead atoms. The second-order valence-corrected chi connectivity index (χ2v) is 3.86. The molecule has 0 rings (SSSR count). The highest BCUT2D eigenvalue weighted by Crippen LogP contribution is 2.22. The Morgan fingerprint density at radius 1 is 1.45 bits per heavy atom. The highest BCUT2D eigenvalue weighted by atomic mass is 31.0. The van der Waals surface area contributed by atoms with Crippen LogP contribution in [0.4, 0.5) is 0 Å². The van der Waals surface area contributed by atoms with Crippen molar-refractivity contribution in [1.29, 1.82) is 0 Å². The largest absolute Gasteiger partial charge is 0.369 e. The van der Waals surface area contributed by atoms with E-state index in [4.69, 9.17) is 5.73 Å². The van der Waals surface area contributed by atoms with Crippen LogP contribution in [0.25, 0.3) is 0 Å². The molecule has 64 valence electrons. The predicted molar refractivity (Wildman–Crippen MR) is 46.9 cm³/mol. The molecule has 0 saturated heterocycles. The Morgan fingerprint density at radius 2 is 1.91 bits per heavy atom. The topological polar surface area (TPSA) is 60.2 Å². The van der Waals surface area contributed by atoms with Gasteiger partial charge in [0.05, 0.1) is 0 Å². The Labute approximate surface area is 68.9 Å². The quantitative estimate of drug-likeness (QED) is 0.638. The van der Waals surface area contributed by atoms with Gasteiger partial charge in [-0.15, -0.1) is 0 Å². The van der Waals surface area contributed by atoms with Crippen molar-refractivity contribution in [2.45, 2.75) is 26.7 Å². The smallest absolute Gasteiger partial charge is 0.223 e. The number of primary amides is 1. The number of nitrogens with two attached hydrogens (primary N) is 1. The minimum atomic E-state index is -0.563. The highest BCUT2D eigenvalue weighted by Gasteiger charge is 2.24. The Morgan fingerprint density at radius 3 is 2.18 bits per heavy atom. The van der Waals surface area contributed by atoms with Gasteiger partial charge >= 0.3 is 0 Å². The summed E-state index contributed by atoms with van der Waals surface area (Å²) in [5.41, 5.74) is 4.55. The molecule has 11 heavy (non-hydrogen) atoms. The Balaban J connectivity index is 3.92. The van der Waals surface area contributed by atoms with Gasteiger partial charge in [0.1, 0.15) is 5.52 Å². The van der Waals surface area contributed by atoms with Crippen molar-refractivity contribution in [2.24, 2.45) is 11.1 Å². The first kappa shape index (κ1) is 10.6. The van der Waals surface area contributed by atoms with Crippen LogP contribution in [0, 0.1) is 5.41 Å². The van der Waals surface area contributed by atoms with Crippen molar-refractivity contribution in [3.05, 3.63) is 0 Å². The van der Waals surface area contributed by atoms with Crippen molar-refractivity contribution in [3.63, 3.8) is 0 Å². The van der Waals surface area contributed by atoms with Crippen molar-refractivity contribution in [3.8, 4) is 0 Å². The van der Waals surface area contributed by atoms with E-state index in [1.807, 2.05) is 0 Å². The Hall–Kier alpha value is -0.430. The molecule has 1 unspecified atom stereocenters. The predicted octanol–water partition coefficient (Wildman–Crippen LogP) is 0.680. The van der Waals surface area contributed by atoms with Crippen LogP contribution in [0.1, 0.15) is 26.7 Å². The Kier molecular flexibility index (Phi) is 3.67. The summed E-state index contributed by atoms with van der Waals surface area (Å²) in [4.78, 5) is 21.3. The van der Waals surface area contributed by atoms with Gasteiger partial charge in [-0.1, -0.05) is 23.1 Å². The molecule has 0 heterocycles. The SMILES string of the molecule is CC(C)(CCC(=O)P)C(N)=O. The van der Waals surface area contributed by atoms with Gasteiger partial charge in [0, 0.05) is 11.8 Å². The van der Waals surface area contributed by atoms with Gasteiger partial charge in [-0.05, 0) is 6.42 Å². The molecule has 0 fully saturated rings. The lowest BCUT2D eigenvalue weighted by Crippen LogP contribution is -2.31. The summed E-state index contributed by atoms with van der Waals surface area (Å²) in [6.07, 6.45) is 0.908. The lowest BCUT2D eigenvalue weighted by molar-refractivity contribution is -0.126. The first-order chi connectivity index (χ1) is 4.86. The van der Waals surface area contributed by atoms with Crippen LogP contribution < -0.4 is 5.73 Å². The summed E-state index contributed by atoms with van der Waals surface area (Å²) in [5.74, 6) is -0.358. The molecule has 1 atom stereocenters. The van der Waals surface area contributed by atoms with Crippen LogP contribution in [0.15, 0.2) is 0 Å². The summed E-state index contributed by atoms with van der Waals surface area (Å²) >= 11 is 0. The average Bonchev–Trinajstić information content (AvgIpc) is 1.84. The van der Waals surface area contributed by atoms with Crippen LogP contribution in [-0.2, 0) is 9.59 Å². The minimum Gasteiger partial charge on any atom is -0.369 e. The van der Waals surface area contributed by atoms with Gasteiger partial charge in [-0.3, -0.25) is 9.59 Å². The third kappa shape index (κ3) is 4.10. The van der Waals surface area contributed by atoms with Crippen molar-refractivity contribution in [1.82, 2.24) is 0 Å². The van der Waals surface area contributed by atoms with E-state index in [1.165, 1.54) is 0 Å². The molecule has 0 aromatic heterocycles. The molecule has 0 aromatic rings. The van der Waals surface area contributed by atoms with Crippen LogP contribution in [0.3, 0.4) is 0 Å². The fourth-order valence-corrected chi connectivity index (χ4v) is 0.703. The highest BCUT2D eigenvalue weighted by molar-refractivity contribution is 7.40. The van der Waals surface area contributed by atoms with E-state index in [0.717, 1.165) is 0 Å². The number of hydrogen-bond acceptors (Lipinski definition) is 2. The fraction of sp³-hybridized carbons (Fsp3) is 0.714. The van der Waals surface area contributed by atoms with Crippen LogP contribution in [0.5, 0.6) is 0 Å². The van der Waals surface area contributed by atoms with E-state index < -0.39 is 5.41 Å². The summed E-state index contributed by atoms with van der Waals surface area (Å²) < 4.78 is 0. The molecule has 0 aliphatic heterocycles. The minimum absolute atomic E-state index is 0.0133. The molecule has 1 amide bonds. The molecule has 0 saturated carbocycles. The second kappa shape index (κ2) is 3.82. The molecule has 0 radical (unpaired) electrons. The molecule has 0 aliphatic carbocycles. The number of amides is 1. The average molecular weight is 175 g/mol. The standard InChI is InChI=1S/C7H14NO2P/c1-7(2,6(8)10)4-3-5(9)11/h3-4,11H2,1-2H3,(H2,8,10). The first-order valence-electron chi connectivity index (χ1n) is 3.44. The zero-order chi connectivity index (χ0) is 9.07. The summed E-state index contributed by atoms with van der Waals surface area (Å²) in [6, 6.07) is 0. The third-order valence-corrected chi connectivity index (χ3v) is 1.95. The van der Waals surface area contributed by atoms with Gasteiger partial charge in [-0.2, -0.15) is 0 Å². The molecule has 3 nitrogen and oxygen atoms in total. The van der Waals surface area contributed by atoms with Gasteiger partial charge in [-0.25, -0.2) is 0 Å². The van der Waals surface area contributed by atoms with Crippen molar-refractivity contribution < 1.29 is 9.59 Å². The molecule has 0 aromatic carbocycles. The number of rotatable bonds is 4. The second-order valence-electron chi connectivity index (χ2n) is 3.21. The Bertz CT molecular complexity index is 177. The maximum absolute atomic E-state index is 10.7. The van der Waals surface area contributed by atoms with Gasteiger partial charge in [0.15, 0.2) is 0 Å². The van der Waals surface area contributed by atoms with E-state index in [0.29, 0.717) is 12.8 Å². The number of carbonyl (C=O) groups excluding carboxylic acids is 2. The lowest BCUT2D eigenvalue weighted by atomic mass is 9.87. The van der Waals surface area contributed by atoms with E-state index in [1.54, 1.807) is 13.8 Å². The van der Waals surface area contributed by atoms with E-state index in [2.05, 4.69) is 9.24 Å². The summed E-state index contributed by atoms with van der Waals surface area (Å²) in [7, 11) is 2.08. The van der Waals surface area contributed by atoms with Gasteiger partial charge in [0.25, 0.3) is 0 Å². The maximum Gasteiger partial charge on any atom is 0.223 e. The van der Waals surface area contributed by atoms with Crippen LogP contribution >= 0.6 is 9.24 Å². The fourth-order valence-electron chi connectivity index (χ4n) is 0.559. The van der Waals surface area contributed by atoms with Gasteiger partial charge < -0.3 is 5.73 Å². The third-order valence-electron chi connectivity index (χ3n) is 1.66. The monoisotopic (exact) mass is 175 g/mol. The van der Waals surface area contributed by atoms with E-state index in [-0.39, 0.29) is 11.4 Å². The molecular weight excluding hydrogens is 161 g/mol. The zero-order valence-corrected chi connectivity index (χ0v) is 8.04. The maximum atomic E-state index is 10.7. The number of hydrogen-bond donors (Lipinski definition) is 1. The molecular formula is C7H14NO2P. The first-order valence-corrected chi connectivity index (χ1v) is 4.02. The van der Waals surface area contributed by atoms with E-state index in [9.17, 15) is 9.59 Å². The zero-order valence-electron chi connectivity index (χ0n) is 6.89. The van der Waals surface area contributed by atoms with E-state index >= 15 is 0 Å². The molecule has 0 spiro atoms. The molecule has 0 aliphatic rings. The van der Waals surface area contributed by atoms with Crippen LogP contribution in [-0.4, -0.2) is 11.4 Å². The lowest BCUT2D eigenvalue weighted by Gasteiger charge is -2.18. The number of carbonyl (C=O) groups is 2. The summed E-state index contributed by atoms with van der Waals surface area (Å²) in [6.45, 7) is 3.48. The summed E-state index contributed by atoms with van der Waals surface area (Å²) in [5, 5.41) is 0. The van der Waals surface area contributed by atoms with Crippen LogP contribution in [0.2, 0.25) is 0 Å². The van der Waals surface area contributed by atoms with Gasteiger partial charge in [0.2, 0.25) is 5.91 Å².